The minimum atomic E-state index is 0.425. The molecule has 0 unspecified atom stereocenters. The third kappa shape index (κ3) is 1.42. The molecular weight excluding hydrogens is 220 g/mol. The van der Waals surface area contributed by atoms with Gasteiger partial charge in [0.1, 0.15) is 5.52 Å². The molecular formula is C11H8N4S. The summed E-state index contributed by atoms with van der Waals surface area (Å²) in [6, 6.07) is 7.67. The summed E-state index contributed by atoms with van der Waals surface area (Å²) >= 11 is 1.59. The molecule has 2 N–H and O–H groups in total. The Morgan fingerprint density at radius 1 is 1.12 bits per heavy atom. The van der Waals surface area contributed by atoms with Crippen LogP contribution in [-0.2, 0) is 0 Å². The zero-order valence-electron chi connectivity index (χ0n) is 8.29. The highest BCUT2D eigenvalue weighted by Crippen LogP contribution is 2.24. The molecule has 78 valence electrons. The third-order valence-corrected chi connectivity index (χ3v) is 3.09. The van der Waals surface area contributed by atoms with Crippen molar-refractivity contribution in [3.8, 4) is 10.7 Å². The molecule has 0 aromatic carbocycles. The molecule has 0 aliphatic carbocycles. The summed E-state index contributed by atoms with van der Waals surface area (Å²) in [6.45, 7) is 0. The molecule has 0 bridgehead atoms. The summed E-state index contributed by atoms with van der Waals surface area (Å²) < 4.78 is 0. The average Bonchev–Trinajstić information content (AvgIpc) is 2.82. The summed E-state index contributed by atoms with van der Waals surface area (Å²) in [5.74, 6) is 1.09. The van der Waals surface area contributed by atoms with E-state index in [-0.39, 0.29) is 0 Å². The second kappa shape index (κ2) is 3.53. The van der Waals surface area contributed by atoms with Gasteiger partial charge in [-0.2, -0.15) is 0 Å². The van der Waals surface area contributed by atoms with Gasteiger partial charge in [-0.25, -0.2) is 9.97 Å². The normalized spacial score (nSPS) is 10.8. The van der Waals surface area contributed by atoms with Gasteiger partial charge in [0.25, 0.3) is 0 Å². The number of anilines is 1. The number of fused-ring (bicyclic) bond motifs is 1. The lowest BCUT2D eigenvalue weighted by molar-refractivity contribution is 1.22. The smallest absolute Gasteiger partial charge is 0.172 e. The van der Waals surface area contributed by atoms with E-state index in [1.807, 2.05) is 29.6 Å². The molecule has 0 saturated heterocycles. The minimum Gasteiger partial charge on any atom is -0.382 e. The summed E-state index contributed by atoms with van der Waals surface area (Å²) in [7, 11) is 0. The predicted octanol–water partition coefficient (Wildman–Crippen LogP) is 2.34. The number of nitrogen functional groups attached to an aromatic ring is 1. The van der Waals surface area contributed by atoms with Crippen molar-refractivity contribution in [3.63, 3.8) is 0 Å². The van der Waals surface area contributed by atoms with Gasteiger partial charge in [0, 0.05) is 6.20 Å². The maximum absolute atomic E-state index is 5.85. The van der Waals surface area contributed by atoms with E-state index >= 15 is 0 Å². The largest absolute Gasteiger partial charge is 0.382 e. The van der Waals surface area contributed by atoms with Crippen LogP contribution in [0.3, 0.4) is 0 Å². The van der Waals surface area contributed by atoms with Gasteiger partial charge in [-0.3, -0.25) is 4.98 Å². The second-order valence-corrected chi connectivity index (χ2v) is 4.23. The lowest BCUT2D eigenvalue weighted by Gasteiger charge is -2.02. The molecule has 4 nitrogen and oxygen atoms in total. The van der Waals surface area contributed by atoms with E-state index in [0.29, 0.717) is 17.2 Å². The Morgan fingerprint density at radius 2 is 2.06 bits per heavy atom. The molecule has 3 rings (SSSR count). The monoisotopic (exact) mass is 228 g/mol. The van der Waals surface area contributed by atoms with Crippen molar-refractivity contribution in [2.75, 3.05) is 5.73 Å². The van der Waals surface area contributed by atoms with Crippen LogP contribution in [-0.4, -0.2) is 15.0 Å². The first-order valence-corrected chi connectivity index (χ1v) is 5.65. The Labute approximate surface area is 95.8 Å². The first-order valence-electron chi connectivity index (χ1n) is 4.77. The van der Waals surface area contributed by atoms with Gasteiger partial charge in [0.2, 0.25) is 0 Å². The molecule has 0 spiro atoms. The minimum absolute atomic E-state index is 0.425. The number of thiophene rings is 1. The Kier molecular flexibility index (Phi) is 2.04. The van der Waals surface area contributed by atoms with E-state index in [4.69, 9.17) is 5.73 Å². The van der Waals surface area contributed by atoms with Crippen LogP contribution in [0.5, 0.6) is 0 Å². The molecule has 0 aliphatic rings. The Bertz CT molecular complexity index is 634. The van der Waals surface area contributed by atoms with Crippen molar-refractivity contribution in [1.29, 1.82) is 0 Å². The van der Waals surface area contributed by atoms with Crippen LogP contribution in [0.15, 0.2) is 35.8 Å². The maximum atomic E-state index is 5.85. The predicted molar refractivity (Wildman–Crippen MR) is 65.1 cm³/mol. The van der Waals surface area contributed by atoms with E-state index in [9.17, 15) is 0 Å². The third-order valence-electron chi connectivity index (χ3n) is 2.22. The Balaban J connectivity index is 2.29. The number of hydrogen-bond acceptors (Lipinski definition) is 5. The van der Waals surface area contributed by atoms with E-state index in [0.717, 1.165) is 10.4 Å². The maximum Gasteiger partial charge on any atom is 0.172 e. The Hall–Kier alpha value is -2.01. The first-order chi connectivity index (χ1) is 7.84. The van der Waals surface area contributed by atoms with E-state index in [1.165, 1.54) is 0 Å². The van der Waals surface area contributed by atoms with Crippen LogP contribution in [0.25, 0.3) is 21.7 Å². The van der Waals surface area contributed by atoms with Gasteiger partial charge < -0.3 is 5.73 Å². The van der Waals surface area contributed by atoms with E-state index in [2.05, 4.69) is 15.0 Å². The molecule has 0 saturated carbocycles. The van der Waals surface area contributed by atoms with Crippen LogP contribution in [0.4, 0.5) is 5.82 Å². The zero-order chi connectivity index (χ0) is 11.0. The van der Waals surface area contributed by atoms with Crippen LogP contribution in [0, 0.1) is 0 Å². The first kappa shape index (κ1) is 9.23. The van der Waals surface area contributed by atoms with Crippen molar-refractivity contribution >= 4 is 28.2 Å². The standard InChI is InChI=1S/C11H8N4S/c12-10-9-7(3-1-5-13-9)14-11(15-10)8-4-2-6-16-8/h1-6H,(H2,12,14,15). The molecule has 5 heteroatoms. The quantitative estimate of drug-likeness (QED) is 0.694. The fourth-order valence-corrected chi connectivity index (χ4v) is 2.16. The second-order valence-electron chi connectivity index (χ2n) is 3.28. The van der Waals surface area contributed by atoms with Gasteiger partial charge in [0.15, 0.2) is 11.6 Å². The SMILES string of the molecule is Nc1nc(-c2cccs2)nc2cccnc12. The van der Waals surface area contributed by atoms with Crippen LogP contribution >= 0.6 is 11.3 Å². The number of pyridine rings is 1. The van der Waals surface area contributed by atoms with Gasteiger partial charge in [0.05, 0.1) is 10.4 Å². The van der Waals surface area contributed by atoms with Crippen molar-refractivity contribution in [2.24, 2.45) is 0 Å². The average molecular weight is 228 g/mol. The van der Waals surface area contributed by atoms with Gasteiger partial charge in [-0.05, 0) is 23.6 Å². The highest BCUT2D eigenvalue weighted by atomic mass is 32.1. The molecule has 3 heterocycles. The molecule has 0 aliphatic heterocycles. The van der Waals surface area contributed by atoms with Crippen molar-refractivity contribution in [1.82, 2.24) is 15.0 Å². The molecule has 3 aromatic rings. The Morgan fingerprint density at radius 3 is 2.88 bits per heavy atom. The van der Waals surface area contributed by atoms with Crippen molar-refractivity contribution in [3.05, 3.63) is 35.8 Å². The van der Waals surface area contributed by atoms with E-state index in [1.54, 1.807) is 17.5 Å². The fraction of sp³-hybridized carbons (Fsp3) is 0. The van der Waals surface area contributed by atoms with E-state index < -0.39 is 0 Å². The van der Waals surface area contributed by atoms with Gasteiger partial charge in [-0.1, -0.05) is 6.07 Å². The zero-order valence-corrected chi connectivity index (χ0v) is 9.11. The van der Waals surface area contributed by atoms with Gasteiger partial charge in [-0.15, -0.1) is 11.3 Å². The summed E-state index contributed by atoms with van der Waals surface area (Å²) in [4.78, 5) is 13.9. The van der Waals surface area contributed by atoms with Crippen molar-refractivity contribution in [2.45, 2.75) is 0 Å². The highest BCUT2D eigenvalue weighted by Gasteiger charge is 2.07. The topological polar surface area (TPSA) is 64.7 Å². The lowest BCUT2D eigenvalue weighted by atomic mass is 10.3. The molecule has 16 heavy (non-hydrogen) atoms. The summed E-state index contributed by atoms with van der Waals surface area (Å²) in [6.07, 6.45) is 1.69. The highest BCUT2D eigenvalue weighted by molar-refractivity contribution is 7.13. The molecule has 3 aromatic heterocycles. The number of rotatable bonds is 1. The number of nitrogens with zero attached hydrogens (tertiary/aromatic N) is 3. The molecule has 0 radical (unpaired) electrons. The number of hydrogen-bond donors (Lipinski definition) is 1. The molecule has 0 amide bonds. The summed E-state index contributed by atoms with van der Waals surface area (Å²) in [5.41, 5.74) is 7.29. The molecule has 0 fully saturated rings. The fourth-order valence-electron chi connectivity index (χ4n) is 1.51. The number of nitrogens with two attached hydrogens (primary N) is 1. The number of aromatic nitrogens is 3. The van der Waals surface area contributed by atoms with Crippen LogP contribution in [0.1, 0.15) is 0 Å². The van der Waals surface area contributed by atoms with Crippen LogP contribution in [0.2, 0.25) is 0 Å². The van der Waals surface area contributed by atoms with Gasteiger partial charge >= 0.3 is 0 Å². The molecule has 0 atom stereocenters. The van der Waals surface area contributed by atoms with Crippen molar-refractivity contribution < 1.29 is 0 Å². The van der Waals surface area contributed by atoms with Crippen LogP contribution < -0.4 is 5.73 Å². The summed E-state index contributed by atoms with van der Waals surface area (Å²) in [5, 5.41) is 1.99. The lowest BCUT2D eigenvalue weighted by Crippen LogP contribution is -1.98.